The van der Waals surface area contributed by atoms with Crippen LogP contribution in [-0.4, -0.2) is 43.5 Å². The van der Waals surface area contributed by atoms with Crippen LogP contribution < -0.4 is 16.0 Å². The number of pyridine rings is 1. The number of nitrogens with zero attached hydrogens (tertiary/aromatic N) is 2. The van der Waals surface area contributed by atoms with E-state index >= 15 is 0 Å². The zero-order valence-corrected chi connectivity index (χ0v) is 13.9. The summed E-state index contributed by atoms with van der Waals surface area (Å²) in [5.41, 5.74) is 0.544. The smallest absolute Gasteiger partial charge is 0.227 e. The highest BCUT2D eigenvalue weighted by Crippen LogP contribution is 2.13. The summed E-state index contributed by atoms with van der Waals surface area (Å²) in [4.78, 5) is 20.4. The lowest BCUT2D eigenvalue weighted by molar-refractivity contribution is -0.128. The van der Waals surface area contributed by atoms with Gasteiger partial charge in [0.15, 0.2) is 5.96 Å². The Hall–Kier alpha value is -2.11. The summed E-state index contributed by atoms with van der Waals surface area (Å²) in [6, 6.07) is 5.88. The first kappa shape index (κ1) is 17.9. The van der Waals surface area contributed by atoms with Gasteiger partial charge in [0.1, 0.15) is 0 Å². The van der Waals surface area contributed by atoms with E-state index in [4.69, 9.17) is 0 Å². The van der Waals surface area contributed by atoms with Gasteiger partial charge in [-0.1, -0.05) is 6.07 Å². The third-order valence-corrected chi connectivity index (χ3v) is 3.27. The molecule has 0 spiro atoms. The number of aliphatic imine (C=N–C) groups is 1. The van der Waals surface area contributed by atoms with Gasteiger partial charge in [0.2, 0.25) is 5.91 Å². The molecule has 0 fully saturated rings. The number of carbonyl (C=O) groups is 1. The first-order valence-electron chi connectivity index (χ1n) is 7.62. The first-order chi connectivity index (χ1) is 10.5. The third-order valence-electron chi connectivity index (χ3n) is 3.27. The van der Waals surface area contributed by atoms with E-state index in [0.717, 1.165) is 18.7 Å². The predicted octanol–water partition coefficient (Wildman–Crippen LogP) is 0.951. The SMILES string of the molecule is CCNC(=O)C(C)(C)CNC(=NC)NCCc1ccccn1. The zero-order valence-electron chi connectivity index (χ0n) is 13.9. The Morgan fingerprint density at radius 3 is 2.64 bits per heavy atom. The summed E-state index contributed by atoms with van der Waals surface area (Å²) in [6.07, 6.45) is 2.61. The maximum absolute atomic E-state index is 11.9. The van der Waals surface area contributed by atoms with Crippen LogP contribution in [0.25, 0.3) is 0 Å². The van der Waals surface area contributed by atoms with E-state index in [-0.39, 0.29) is 5.91 Å². The minimum Gasteiger partial charge on any atom is -0.356 e. The topological polar surface area (TPSA) is 78.4 Å². The predicted molar refractivity (Wildman–Crippen MR) is 89.8 cm³/mol. The summed E-state index contributed by atoms with van der Waals surface area (Å²) in [5.74, 6) is 0.722. The number of hydrogen-bond donors (Lipinski definition) is 3. The molecule has 0 saturated carbocycles. The molecule has 122 valence electrons. The van der Waals surface area contributed by atoms with Crippen molar-refractivity contribution < 1.29 is 4.79 Å². The van der Waals surface area contributed by atoms with Gasteiger partial charge in [-0.25, -0.2) is 0 Å². The molecular formula is C16H27N5O. The van der Waals surface area contributed by atoms with Gasteiger partial charge in [-0.05, 0) is 32.9 Å². The average Bonchev–Trinajstić information content (AvgIpc) is 2.52. The van der Waals surface area contributed by atoms with Gasteiger partial charge in [-0.15, -0.1) is 0 Å². The standard InChI is InChI=1S/C16H27N5O/c1-5-18-14(22)16(2,3)12-21-15(17-4)20-11-9-13-8-6-7-10-19-13/h6-8,10H,5,9,11-12H2,1-4H3,(H,18,22)(H2,17,20,21). The van der Waals surface area contributed by atoms with E-state index in [2.05, 4.69) is 25.9 Å². The monoisotopic (exact) mass is 305 g/mol. The van der Waals surface area contributed by atoms with Crippen LogP contribution in [0.5, 0.6) is 0 Å². The summed E-state index contributed by atoms with van der Waals surface area (Å²) >= 11 is 0. The number of carbonyl (C=O) groups excluding carboxylic acids is 1. The van der Waals surface area contributed by atoms with Crippen molar-refractivity contribution in [2.45, 2.75) is 27.2 Å². The highest BCUT2D eigenvalue weighted by Gasteiger charge is 2.27. The van der Waals surface area contributed by atoms with Crippen molar-refractivity contribution >= 4 is 11.9 Å². The number of aromatic nitrogens is 1. The Kier molecular flexibility index (Phi) is 7.36. The molecule has 0 bridgehead atoms. The molecule has 0 aliphatic rings. The quantitative estimate of drug-likeness (QED) is 0.518. The van der Waals surface area contributed by atoms with Crippen molar-refractivity contribution in [2.75, 3.05) is 26.7 Å². The number of amides is 1. The fraction of sp³-hybridized carbons (Fsp3) is 0.562. The molecule has 1 aromatic heterocycles. The van der Waals surface area contributed by atoms with Gasteiger partial charge in [0.25, 0.3) is 0 Å². The second-order valence-electron chi connectivity index (χ2n) is 5.67. The molecule has 1 aromatic rings. The van der Waals surface area contributed by atoms with Crippen LogP contribution in [0.15, 0.2) is 29.4 Å². The Balaban J connectivity index is 2.38. The molecule has 1 amide bonds. The van der Waals surface area contributed by atoms with Crippen molar-refractivity contribution in [3.05, 3.63) is 30.1 Å². The lowest BCUT2D eigenvalue weighted by atomic mass is 9.92. The Morgan fingerprint density at radius 1 is 1.27 bits per heavy atom. The molecule has 0 aromatic carbocycles. The third kappa shape index (κ3) is 6.11. The summed E-state index contributed by atoms with van der Waals surface area (Å²) in [7, 11) is 1.72. The van der Waals surface area contributed by atoms with E-state index < -0.39 is 5.41 Å². The second kappa shape index (κ2) is 9.02. The number of guanidine groups is 1. The van der Waals surface area contributed by atoms with Crippen molar-refractivity contribution in [3.63, 3.8) is 0 Å². The molecule has 0 saturated heterocycles. The van der Waals surface area contributed by atoms with Crippen LogP contribution in [0.4, 0.5) is 0 Å². The number of nitrogens with one attached hydrogen (secondary N) is 3. The van der Waals surface area contributed by atoms with E-state index in [1.54, 1.807) is 13.2 Å². The van der Waals surface area contributed by atoms with Crippen molar-refractivity contribution in [1.29, 1.82) is 0 Å². The zero-order chi connectivity index (χ0) is 16.4. The van der Waals surface area contributed by atoms with E-state index in [1.165, 1.54) is 0 Å². The summed E-state index contributed by atoms with van der Waals surface area (Å²) in [6.45, 7) is 7.62. The van der Waals surface area contributed by atoms with Gasteiger partial charge in [-0.3, -0.25) is 14.8 Å². The fourth-order valence-electron chi connectivity index (χ4n) is 1.86. The highest BCUT2D eigenvalue weighted by atomic mass is 16.2. The highest BCUT2D eigenvalue weighted by molar-refractivity contribution is 5.84. The molecule has 1 heterocycles. The summed E-state index contributed by atoms with van der Waals surface area (Å²) in [5, 5.41) is 9.27. The molecule has 0 radical (unpaired) electrons. The van der Waals surface area contributed by atoms with Crippen LogP contribution in [0, 0.1) is 5.41 Å². The molecule has 0 unspecified atom stereocenters. The van der Waals surface area contributed by atoms with E-state index in [9.17, 15) is 4.79 Å². The maximum Gasteiger partial charge on any atom is 0.227 e. The normalized spacial score (nSPS) is 11.9. The first-order valence-corrected chi connectivity index (χ1v) is 7.62. The van der Waals surface area contributed by atoms with Crippen LogP contribution in [0.1, 0.15) is 26.5 Å². The van der Waals surface area contributed by atoms with Crippen LogP contribution in [-0.2, 0) is 11.2 Å². The van der Waals surface area contributed by atoms with E-state index in [1.807, 2.05) is 39.0 Å². The maximum atomic E-state index is 11.9. The molecule has 0 aliphatic carbocycles. The van der Waals surface area contributed by atoms with Gasteiger partial charge in [-0.2, -0.15) is 0 Å². The molecule has 0 aliphatic heterocycles. The van der Waals surface area contributed by atoms with Crippen LogP contribution in [0.2, 0.25) is 0 Å². The Morgan fingerprint density at radius 2 is 2.05 bits per heavy atom. The van der Waals surface area contributed by atoms with Crippen LogP contribution >= 0.6 is 0 Å². The fourth-order valence-corrected chi connectivity index (χ4v) is 1.86. The van der Waals surface area contributed by atoms with Gasteiger partial charge in [0.05, 0.1) is 5.41 Å². The molecule has 22 heavy (non-hydrogen) atoms. The van der Waals surface area contributed by atoms with Gasteiger partial charge < -0.3 is 16.0 Å². The lowest BCUT2D eigenvalue weighted by Gasteiger charge is -2.24. The Labute approximate surface area is 132 Å². The van der Waals surface area contributed by atoms with Crippen molar-refractivity contribution in [2.24, 2.45) is 10.4 Å². The molecule has 6 nitrogen and oxygen atoms in total. The molecule has 3 N–H and O–H groups in total. The van der Waals surface area contributed by atoms with Gasteiger partial charge in [0, 0.05) is 45.0 Å². The number of hydrogen-bond acceptors (Lipinski definition) is 3. The van der Waals surface area contributed by atoms with Gasteiger partial charge >= 0.3 is 0 Å². The largest absolute Gasteiger partial charge is 0.356 e. The molecule has 6 heteroatoms. The van der Waals surface area contributed by atoms with Crippen LogP contribution in [0.3, 0.4) is 0 Å². The minimum atomic E-state index is -0.491. The van der Waals surface area contributed by atoms with Crippen molar-refractivity contribution in [1.82, 2.24) is 20.9 Å². The summed E-state index contributed by atoms with van der Waals surface area (Å²) < 4.78 is 0. The van der Waals surface area contributed by atoms with Crippen molar-refractivity contribution in [3.8, 4) is 0 Å². The Bertz CT molecular complexity index is 485. The lowest BCUT2D eigenvalue weighted by Crippen LogP contribution is -2.48. The molecular weight excluding hydrogens is 278 g/mol. The van der Waals surface area contributed by atoms with E-state index in [0.29, 0.717) is 19.0 Å². The second-order valence-corrected chi connectivity index (χ2v) is 5.67. The molecule has 1 rings (SSSR count). The average molecular weight is 305 g/mol. The molecule has 0 atom stereocenters. The number of rotatable bonds is 7. The minimum absolute atomic E-state index is 0.0337.